The van der Waals surface area contributed by atoms with E-state index in [9.17, 15) is 4.79 Å². The number of nitrogens with two attached hydrogens (primary N) is 1. The summed E-state index contributed by atoms with van der Waals surface area (Å²) in [5.74, 6) is 1.57. The van der Waals surface area contributed by atoms with Crippen molar-refractivity contribution in [2.45, 2.75) is 50.6 Å². The van der Waals surface area contributed by atoms with Crippen molar-refractivity contribution in [2.75, 3.05) is 6.54 Å². The van der Waals surface area contributed by atoms with Gasteiger partial charge in [0.15, 0.2) is 0 Å². The Morgan fingerprint density at radius 3 is 2.31 bits per heavy atom. The van der Waals surface area contributed by atoms with Crippen LogP contribution in [0.2, 0.25) is 0 Å². The van der Waals surface area contributed by atoms with E-state index in [2.05, 4.69) is 53.4 Å². The summed E-state index contributed by atoms with van der Waals surface area (Å²) < 4.78 is 0. The Morgan fingerprint density at radius 2 is 1.59 bits per heavy atom. The number of fused-ring (bicyclic) bond motifs is 3. The number of hydrogen-bond donors (Lipinski definition) is 1. The molecule has 1 amide bonds. The van der Waals surface area contributed by atoms with E-state index in [0.29, 0.717) is 23.8 Å². The molecule has 0 radical (unpaired) electrons. The first-order chi connectivity index (χ1) is 13.7. The van der Waals surface area contributed by atoms with Gasteiger partial charge in [-0.2, -0.15) is 0 Å². The summed E-state index contributed by atoms with van der Waals surface area (Å²) in [5.41, 5.74) is 10.4. The van der Waals surface area contributed by atoms with Gasteiger partial charge in [-0.3, -0.25) is 4.79 Å². The third-order valence-corrected chi connectivity index (χ3v) is 7.44. The minimum Gasteiger partial charge on any atom is -0.331 e. The molecule has 2 saturated carbocycles. The molecule has 0 aromatic heterocycles. The lowest BCUT2D eigenvalue weighted by molar-refractivity contribution is -0.140. The van der Waals surface area contributed by atoms with Crippen LogP contribution in [0.15, 0.2) is 54.6 Å². The quantitative estimate of drug-likeness (QED) is 0.777. The first kappa shape index (κ1) is 20.4. The van der Waals surface area contributed by atoms with Crippen molar-refractivity contribution in [3.63, 3.8) is 0 Å². The highest BCUT2D eigenvalue weighted by Gasteiger charge is 2.43. The average Bonchev–Trinajstić information content (AvgIpc) is 2.73. The number of rotatable bonds is 2. The third kappa shape index (κ3) is 3.71. The van der Waals surface area contributed by atoms with Crippen molar-refractivity contribution in [1.29, 1.82) is 0 Å². The lowest BCUT2D eigenvalue weighted by atomic mass is 9.64. The summed E-state index contributed by atoms with van der Waals surface area (Å²) in [6, 6.07) is 19.5. The van der Waals surface area contributed by atoms with Gasteiger partial charge in [-0.15, -0.1) is 12.4 Å². The maximum Gasteiger partial charge on any atom is 0.226 e. The minimum atomic E-state index is 0. The van der Waals surface area contributed by atoms with Crippen LogP contribution in [0, 0.1) is 17.8 Å². The Kier molecular flexibility index (Phi) is 5.98. The van der Waals surface area contributed by atoms with Gasteiger partial charge in [-0.25, -0.2) is 0 Å². The predicted octanol–water partition coefficient (Wildman–Crippen LogP) is 4.74. The molecule has 0 saturated heterocycles. The predicted molar refractivity (Wildman–Crippen MR) is 119 cm³/mol. The van der Waals surface area contributed by atoms with Gasteiger partial charge in [0, 0.05) is 18.5 Å². The topological polar surface area (TPSA) is 46.3 Å². The standard InChI is InChI=1S/C25H30N2O.ClH/c26-23-19-10-6-11-20(23)16-21(15-19)25(28)27-14-13-17-7-4-5-12-22(17)24(27)18-8-2-1-3-9-18;/h1-5,7-9,12,19-21,23-24H,6,10-11,13-16,26H2;1H. The van der Waals surface area contributed by atoms with Crippen LogP contribution in [0.25, 0.3) is 0 Å². The van der Waals surface area contributed by atoms with E-state index in [-0.39, 0.29) is 24.4 Å². The Bertz CT molecular complexity index is 841. The van der Waals surface area contributed by atoms with Crippen molar-refractivity contribution < 1.29 is 4.79 Å². The zero-order chi connectivity index (χ0) is 19.1. The van der Waals surface area contributed by atoms with Crippen LogP contribution in [0.3, 0.4) is 0 Å². The van der Waals surface area contributed by atoms with Crippen LogP contribution in [0.4, 0.5) is 0 Å². The molecule has 3 unspecified atom stereocenters. The number of nitrogens with zero attached hydrogens (tertiary/aromatic N) is 1. The Balaban J connectivity index is 0.00000205. The first-order valence-corrected chi connectivity index (χ1v) is 10.9. The van der Waals surface area contributed by atoms with Crippen LogP contribution < -0.4 is 5.73 Å². The number of hydrogen-bond acceptors (Lipinski definition) is 2. The minimum absolute atomic E-state index is 0. The second kappa shape index (κ2) is 8.49. The molecule has 3 aliphatic rings. The molecule has 154 valence electrons. The summed E-state index contributed by atoms with van der Waals surface area (Å²) in [6.07, 6.45) is 6.60. The second-order valence-electron chi connectivity index (χ2n) is 8.99. The van der Waals surface area contributed by atoms with Gasteiger partial charge in [0.1, 0.15) is 0 Å². The Hall–Kier alpha value is -1.84. The molecule has 3 nitrogen and oxygen atoms in total. The fraction of sp³-hybridized carbons (Fsp3) is 0.480. The molecule has 3 atom stereocenters. The number of benzene rings is 2. The van der Waals surface area contributed by atoms with E-state index in [1.54, 1.807) is 0 Å². The number of halogens is 1. The van der Waals surface area contributed by atoms with Crippen molar-refractivity contribution >= 4 is 18.3 Å². The van der Waals surface area contributed by atoms with Gasteiger partial charge in [0.2, 0.25) is 5.91 Å². The van der Waals surface area contributed by atoms with Gasteiger partial charge in [0.05, 0.1) is 6.04 Å². The van der Waals surface area contributed by atoms with Crippen molar-refractivity contribution in [1.82, 2.24) is 4.90 Å². The lowest BCUT2D eigenvalue weighted by Crippen LogP contribution is -2.51. The number of carbonyl (C=O) groups excluding carboxylic acids is 1. The maximum atomic E-state index is 13.8. The van der Waals surface area contributed by atoms with Gasteiger partial charge >= 0.3 is 0 Å². The van der Waals surface area contributed by atoms with E-state index in [4.69, 9.17) is 5.73 Å². The Morgan fingerprint density at radius 1 is 0.931 bits per heavy atom. The molecule has 2 N–H and O–H groups in total. The highest BCUT2D eigenvalue weighted by molar-refractivity contribution is 5.85. The third-order valence-electron chi connectivity index (χ3n) is 7.44. The van der Waals surface area contributed by atoms with Crippen molar-refractivity contribution in [3.8, 4) is 0 Å². The van der Waals surface area contributed by atoms with Crippen LogP contribution in [-0.4, -0.2) is 23.4 Å². The zero-order valence-electron chi connectivity index (χ0n) is 16.9. The van der Waals surface area contributed by atoms with Gasteiger partial charge < -0.3 is 10.6 Å². The Labute approximate surface area is 180 Å². The molecule has 29 heavy (non-hydrogen) atoms. The molecule has 2 bridgehead atoms. The van der Waals surface area contributed by atoms with E-state index >= 15 is 0 Å². The maximum absolute atomic E-state index is 13.8. The summed E-state index contributed by atoms with van der Waals surface area (Å²) >= 11 is 0. The highest BCUT2D eigenvalue weighted by Crippen LogP contribution is 2.44. The van der Waals surface area contributed by atoms with Crippen LogP contribution in [0.5, 0.6) is 0 Å². The molecule has 2 aliphatic carbocycles. The highest BCUT2D eigenvalue weighted by atomic mass is 35.5. The fourth-order valence-electron chi connectivity index (χ4n) is 6.02. The van der Waals surface area contributed by atoms with E-state index in [1.807, 2.05) is 6.07 Å². The molecule has 2 aromatic rings. The summed E-state index contributed by atoms with van der Waals surface area (Å²) in [7, 11) is 0. The van der Waals surface area contributed by atoms with Crippen LogP contribution in [0.1, 0.15) is 54.8 Å². The molecule has 1 heterocycles. The molecule has 5 rings (SSSR count). The largest absolute Gasteiger partial charge is 0.331 e. The summed E-state index contributed by atoms with van der Waals surface area (Å²) in [6.45, 7) is 0.813. The van der Waals surface area contributed by atoms with Gasteiger partial charge in [-0.1, -0.05) is 61.0 Å². The molecular formula is C25H31ClN2O. The SMILES string of the molecule is Cl.NC1C2CCCC1CC(C(=O)N1CCc3ccccc3C1c1ccccc1)C2. The number of amides is 1. The second-order valence-corrected chi connectivity index (χ2v) is 8.99. The van der Waals surface area contributed by atoms with Gasteiger partial charge in [0.25, 0.3) is 0 Å². The van der Waals surface area contributed by atoms with E-state index in [0.717, 1.165) is 25.8 Å². The molecule has 2 fully saturated rings. The molecule has 1 aliphatic heterocycles. The normalized spacial score (nSPS) is 30.8. The molecule has 0 spiro atoms. The van der Waals surface area contributed by atoms with Crippen molar-refractivity contribution in [2.24, 2.45) is 23.5 Å². The molecule has 2 aromatic carbocycles. The van der Waals surface area contributed by atoms with Gasteiger partial charge in [-0.05, 0) is 60.6 Å². The smallest absolute Gasteiger partial charge is 0.226 e. The average molecular weight is 411 g/mol. The number of carbonyl (C=O) groups is 1. The van der Waals surface area contributed by atoms with E-state index < -0.39 is 0 Å². The monoisotopic (exact) mass is 410 g/mol. The fourth-order valence-corrected chi connectivity index (χ4v) is 6.02. The van der Waals surface area contributed by atoms with E-state index in [1.165, 1.54) is 36.0 Å². The zero-order valence-corrected chi connectivity index (χ0v) is 17.7. The molecule has 4 heteroatoms. The van der Waals surface area contributed by atoms with Crippen LogP contribution in [-0.2, 0) is 11.2 Å². The summed E-state index contributed by atoms with van der Waals surface area (Å²) in [4.78, 5) is 15.9. The molecular weight excluding hydrogens is 380 g/mol. The van der Waals surface area contributed by atoms with Crippen molar-refractivity contribution in [3.05, 3.63) is 71.3 Å². The lowest BCUT2D eigenvalue weighted by Gasteiger charge is -2.46. The first-order valence-electron chi connectivity index (χ1n) is 10.9. The summed E-state index contributed by atoms with van der Waals surface area (Å²) in [5, 5.41) is 0. The van der Waals surface area contributed by atoms with Crippen LogP contribution >= 0.6 is 12.4 Å².